The molecule has 0 aliphatic heterocycles. The number of rotatable bonds is 6. The summed E-state index contributed by atoms with van der Waals surface area (Å²) in [5.74, 6) is 0.511. The molecular weight excluding hydrogens is 158 g/mol. The highest BCUT2D eigenvalue weighted by molar-refractivity contribution is 5.07. The van der Waals surface area contributed by atoms with Crippen LogP contribution in [0.5, 0.6) is 0 Å². The predicted octanol–water partition coefficient (Wildman–Crippen LogP) is 3.57. The molecule has 1 heteroatoms. The molecule has 0 amide bonds. The SMILES string of the molecule is C=CN(CC(=C)C)C(=C)C(C)CC. The van der Waals surface area contributed by atoms with Crippen LogP contribution in [-0.2, 0) is 0 Å². The molecule has 0 aliphatic carbocycles. The molecule has 0 radical (unpaired) electrons. The van der Waals surface area contributed by atoms with Crippen molar-refractivity contribution < 1.29 is 0 Å². The highest BCUT2D eigenvalue weighted by Crippen LogP contribution is 2.17. The van der Waals surface area contributed by atoms with Gasteiger partial charge in [0.25, 0.3) is 0 Å². The molecule has 1 atom stereocenters. The second kappa shape index (κ2) is 5.63. The van der Waals surface area contributed by atoms with Gasteiger partial charge in [-0.15, -0.1) is 0 Å². The number of hydrogen-bond donors (Lipinski definition) is 0. The van der Waals surface area contributed by atoms with Gasteiger partial charge in [0.2, 0.25) is 0 Å². The van der Waals surface area contributed by atoms with Crippen LogP contribution in [-0.4, -0.2) is 11.4 Å². The molecule has 0 aromatic carbocycles. The second-order valence-electron chi connectivity index (χ2n) is 3.57. The van der Waals surface area contributed by atoms with Crippen LogP contribution in [0.2, 0.25) is 0 Å². The van der Waals surface area contributed by atoms with Crippen LogP contribution < -0.4 is 0 Å². The van der Waals surface area contributed by atoms with Crippen LogP contribution in [0.15, 0.2) is 37.2 Å². The molecule has 0 rings (SSSR count). The lowest BCUT2D eigenvalue weighted by Crippen LogP contribution is -2.21. The largest absolute Gasteiger partial charge is 0.348 e. The maximum absolute atomic E-state index is 4.06. The smallest absolute Gasteiger partial charge is 0.0426 e. The summed E-state index contributed by atoms with van der Waals surface area (Å²) in [5, 5.41) is 0. The minimum atomic E-state index is 0.511. The zero-order valence-corrected chi connectivity index (χ0v) is 9.14. The van der Waals surface area contributed by atoms with Gasteiger partial charge >= 0.3 is 0 Å². The Morgan fingerprint density at radius 1 is 1.46 bits per heavy atom. The van der Waals surface area contributed by atoms with Gasteiger partial charge in [0.15, 0.2) is 0 Å². The van der Waals surface area contributed by atoms with E-state index >= 15 is 0 Å². The minimum Gasteiger partial charge on any atom is -0.348 e. The third-order valence-corrected chi connectivity index (χ3v) is 2.21. The van der Waals surface area contributed by atoms with Gasteiger partial charge in [-0.25, -0.2) is 0 Å². The third kappa shape index (κ3) is 3.97. The van der Waals surface area contributed by atoms with Gasteiger partial charge in [-0.1, -0.05) is 39.2 Å². The van der Waals surface area contributed by atoms with Crippen molar-refractivity contribution in [3.63, 3.8) is 0 Å². The summed E-state index contributed by atoms with van der Waals surface area (Å²) in [5.41, 5.74) is 2.25. The summed E-state index contributed by atoms with van der Waals surface area (Å²) in [6.45, 7) is 18.9. The maximum Gasteiger partial charge on any atom is 0.0426 e. The summed E-state index contributed by atoms with van der Waals surface area (Å²) < 4.78 is 0. The molecule has 0 saturated heterocycles. The average molecular weight is 179 g/mol. The van der Waals surface area contributed by atoms with Crippen molar-refractivity contribution in [1.82, 2.24) is 4.90 Å². The third-order valence-electron chi connectivity index (χ3n) is 2.21. The zero-order valence-electron chi connectivity index (χ0n) is 9.14. The molecule has 0 aliphatic rings. The van der Waals surface area contributed by atoms with Crippen molar-refractivity contribution >= 4 is 0 Å². The lowest BCUT2D eigenvalue weighted by Gasteiger charge is -2.26. The molecule has 0 fully saturated rings. The molecule has 74 valence electrons. The average Bonchev–Trinajstić information content (AvgIpc) is 2.11. The van der Waals surface area contributed by atoms with E-state index in [4.69, 9.17) is 0 Å². The summed E-state index contributed by atoms with van der Waals surface area (Å²) in [7, 11) is 0. The summed E-state index contributed by atoms with van der Waals surface area (Å²) in [4.78, 5) is 2.07. The maximum atomic E-state index is 4.06. The summed E-state index contributed by atoms with van der Waals surface area (Å²) >= 11 is 0. The summed E-state index contributed by atoms with van der Waals surface area (Å²) in [6.07, 6.45) is 2.93. The zero-order chi connectivity index (χ0) is 10.4. The van der Waals surface area contributed by atoms with E-state index in [1.54, 1.807) is 0 Å². The van der Waals surface area contributed by atoms with Gasteiger partial charge in [0, 0.05) is 12.2 Å². The monoisotopic (exact) mass is 179 g/mol. The fraction of sp³-hybridized carbons (Fsp3) is 0.500. The van der Waals surface area contributed by atoms with Crippen molar-refractivity contribution in [2.45, 2.75) is 27.2 Å². The Labute approximate surface area is 82.4 Å². The van der Waals surface area contributed by atoms with Crippen LogP contribution in [0.4, 0.5) is 0 Å². The van der Waals surface area contributed by atoms with E-state index in [9.17, 15) is 0 Å². The van der Waals surface area contributed by atoms with E-state index in [0.717, 1.165) is 24.2 Å². The molecule has 0 aromatic heterocycles. The highest BCUT2D eigenvalue weighted by atomic mass is 15.1. The molecule has 0 N–H and O–H groups in total. The van der Waals surface area contributed by atoms with Gasteiger partial charge in [-0.2, -0.15) is 0 Å². The normalized spacial score (nSPS) is 11.9. The molecule has 13 heavy (non-hydrogen) atoms. The van der Waals surface area contributed by atoms with E-state index in [2.05, 4.69) is 38.5 Å². The molecular formula is C12H21N. The molecule has 1 unspecified atom stereocenters. The molecule has 0 saturated carbocycles. The van der Waals surface area contributed by atoms with Gasteiger partial charge in [-0.3, -0.25) is 0 Å². The molecule has 1 nitrogen and oxygen atoms in total. The van der Waals surface area contributed by atoms with Crippen LogP contribution in [0, 0.1) is 5.92 Å². The number of hydrogen-bond acceptors (Lipinski definition) is 1. The number of allylic oxidation sites excluding steroid dienone is 1. The van der Waals surface area contributed by atoms with Gasteiger partial charge in [0.1, 0.15) is 0 Å². The Kier molecular flexibility index (Phi) is 5.20. The van der Waals surface area contributed by atoms with E-state index in [0.29, 0.717) is 5.92 Å². The Morgan fingerprint density at radius 3 is 2.31 bits per heavy atom. The summed E-state index contributed by atoms with van der Waals surface area (Å²) in [6, 6.07) is 0. The van der Waals surface area contributed by atoms with E-state index in [1.165, 1.54) is 0 Å². The van der Waals surface area contributed by atoms with Crippen LogP contribution in [0.25, 0.3) is 0 Å². The van der Waals surface area contributed by atoms with Gasteiger partial charge < -0.3 is 4.90 Å². The van der Waals surface area contributed by atoms with Crippen molar-refractivity contribution in [3.8, 4) is 0 Å². The first kappa shape index (κ1) is 12.0. The Morgan fingerprint density at radius 2 is 2.00 bits per heavy atom. The quantitative estimate of drug-likeness (QED) is 0.563. The highest BCUT2D eigenvalue weighted by Gasteiger charge is 2.09. The molecule has 0 bridgehead atoms. The van der Waals surface area contributed by atoms with E-state index in [1.807, 2.05) is 13.1 Å². The lowest BCUT2D eigenvalue weighted by atomic mass is 10.0. The second-order valence-corrected chi connectivity index (χ2v) is 3.57. The molecule has 0 spiro atoms. The first-order valence-electron chi connectivity index (χ1n) is 4.75. The molecule has 0 aromatic rings. The topological polar surface area (TPSA) is 3.24 Å². The number of nitrogens with zero attached hydrogens (tertiary/aromatic N) is 1. The van der Waals surface area contributed by atoms with Gasteiger partial charge in [-0.05, 0) is 25.5 Å². The lowest BCUT2D eigenvalue weighted by molar-refractivity contribution is 0.426. The van der Waals surface area contributed by atoms with Crippen molar-refractivity contribution in [2.24, 2.45) is 5.92 Å². The van der Waals surface area contributed by atoms with E-state index < -0.39 is 0 Å². The van der Waals surface area contributed by atoms with E-state index in [-0.39, 0.29) is 0 Å². The van der Waals surface area contributed by atoms with Crippen LogP contribution in [0.3, 0.4) is 0 Å². The first-order chi connectivity index (χ1) is 6.02. The van der Waals surface area contributed by atoms with Crippen molar-refractivity contribution in [3.05, 3.63) is 37.2 Å². The first-order valence-corrected chi connectivity index (χ1v) is 4.75. The Bertz CT molecular complexity index is 203. The van der Waals surface area contributed by atoms with Crippen molar-refractivity contribution in [1.29, 1.82) is 0 Å². The van der Waals surface area contributed by atoms with Crippen LogP contribution in [0.1, 0.15) is 27.2 Å². The minimum absolute atomic E-state index is 0.511. The Balaban J connectivity index is 4.31. The molecule has 0 heterocycles. The Hall–Kier alpha value is -0.980. The van der Waals surface area contributed by atoms with Crippen LogP contribution >= 0.6 is 0 Å². The van der Waals surface area contributed by atoms with Gasteiger partial charge in [0.05, 0.1) is 0 Å². The fourth-order valence-electron chi connectivity index (χ4n) is 1.09. The van der Waals surface area contributed by atoms with Crippen molar-refractivity contribution in [2.75, 3.05) is 6.54 Å². The predicted molar refractivity (Wildman–Crippen MR) is 60.3 cm³/mol. The standard InChI is InChI=1S/C12H21N/c1-7-11(5)12(6)13(8-2)9-10(3)4/h8,11H,2-3,6-7,9H2,1,4-5H3. The fourth-order valence-corrected chi connectivity index (χ4v) is 1.09.